The van der Waals surface area contributed by atoms with Crippen molar-refractivity contribution in [3.05, 3.63) is 30.3 Å². The summed E-state index contributed by atoms with van der Waals surface area (Å²) in [4.78, 5) is 0. The molecule has 2 unspecified atom stereocenters. The second-order valence-corrected chi connectivity index (χ2v) is 3.80. The first kappa shape index (κ1) is 12.1. The van der Waals surface area contributed by atoms with Gasteiger partial charge in [0.05, 0.1) is 0 Å². The summed E-state index contributed by atoms with van der Waals surface area (Å²) in [5.41, 5.74) is 0. The molecule has 68 valence electrons. The van der Waals surface area contributed by atoms with Gasteiger partial charge in [0.25, 0.3) is 0 Å². The molecule has 2 atom stereocenters. The van der Waals surface area contributed by atoms with Crippen molar-refractivity contribution in [2.45, 2.75) is 19.8 Å². The van der Waals surface area contributed by atoms with Crippen LogP contribution in [0.1, 0.15) is 19.8 Å². The monoisotopic (exact) mass is 200 g/mol. The molecule has 12 heavy (non-hydrogen) atoms. The van der Waals surface area contributed by atoms with Crippen molar-refractivity contribution < 1.29 is 0 Å². The lowest BCUT2D eigenvalue weighted by molar-refractivity contribution is 0.897. The molecule has 1 rings (SSSR count). The van der Waals surface area contributed by atoms with Crippen LogP contribution < -0.4 is 5.30 Å². The number of rotatable bonds is 2. The lowest BCUT2D eigenvalue weighted by Crippen LogP contribution is -1.82. The van der Waals surface area contributed by atoms with Crippen LogP contribution in [0.4, 0.5) is 0 Å². The fourth-order valence-electron chi connectivity index (χ4n) is 0.657. The summed E-state index contributed by atoms with van der Waals surface area (Å²) in [6, 6.07) is 10.1. The number of hydrogen-bond donors (Lipinski definition) is 0. The van der Waals surface area contributed by atoms with Gasteiger partial charge < -0.3 is 0 Å². The molecule has 0 N–H and O–H groups in total. The average Bonchev–Trinajstić information content (AvgIpc) is 2.08. The molecule has 0 saturated carbocycles. The van der Waals surface area contributed by atoms with Crippen LogP contribution in [0.3, 0.4) is 0 Å². The Hall–Kier alpha value is 0.0800. The molecule has 2 heteroatoms. The van der Waals surface area contributed by atoms with E-state index in [1.165, 1.54) is 24.3 Å². The Kier molecular flexibility index (Phi) is 9.23. The summed E-state index contributed by atoms with van der Waals surface area (Å²) in [6.45, 7) is 2.20. The average molecular weight is 200 g/mol. The predicted octanol–water partition coefficient (Wildman–Crippen LogP) is 2.85. The highest BCUT2D eigenvalue weighted by Crippen LogP contribution is 1.89. The van der Waals surface area contributed by atoms with Gasteiger partial charge in [-0.2, -0.15) is 0 Å². The minimum absolute atomic E-state index is 1.24. The zero-order valence-corrected chi connectivity index (χ0v) is 9.97. The Morgan fingerprint density at radius 3 is 1.92 bits per heavy atom. The van der Waals surface area contributed by atoms with E-state index >= 15 is 0 Å². The molecule has 1 aromatic carbocycles. The predicted molar refractivity (Wildman–Crippen MR) is 65.3 cm³/mol. The van der Waals surface area contributed by atoms with Crippen LogP contribution in [-0.4, -0.2) is 6.16 Å². The van der Waals surface area contributed by atoms with Crippen molar-refractivity contribution in [2.75, 3.05) is 6.16 Å². The van der Waals surface area contributed by atoms with Crippen LogP contribution in [0.25, 0.3) is 0 Å². The van der Waals surface area contributed by atoms with Crippen molar-refractivity contribution in [1.29, 1.82) is 0 Å². The molecule has 0 amide bonds. The molecular weight excluding hydrogens is 182 g/mol. The topological polar surface area (TPSA) is 0 Å². The maximum atomic E-state index is 2.70. The highest BCUT2D eigenvalue weighted by molar-refractivity contribution is 7.27. The summed E-state index contributed by atoms with van der Waals surface area (Å²) in [5.74, 6) is 0. The van der Waals surface area contributed by atoms with Crippen molar-refractivity contribution in [1.82, 2.24) is 0 Å². The Balaban J connectivity index is 0.000000217. The smallest absolute Gasteiger partial charge is 0.0303 e. The molecule has 0 fully saturated rings. The molecule has 0 aliphatic carbocycles. The number of unbranched alkanes of at least 4 members (excludes halogenated alkanes) is 1. The van der Waals surface area contributed by atoms with Crippen LogP contribution in [0.15, 0.2) is 30.3 Å². The second kappa shape index (κ2) is 9.17. The van der Waals surface area contributed by atoms with Gasteiger partial charge in [-0.05, 0) is 11.5 Å². The lowest BCUT2D eigenvalue weighted by Gasteiger charge is -1.82. The molecule has 0 radical (unpaired) electrons. The molecule has 0 saturated heterocycles. The maximum Gasteiger partial charge on any atom is -0.0303 e. The van der Waals surface area contributed by atoms with E-state index in [1.54, 1.807) is 0 Å². The fraction of sp³-hybridized carbons (Fsp3) is 0.400. The normalized spacial score (nSPS) is 8.58. The van der Waals surface area contributed by atoms with Gasteiger partial charge in [-0.15, -0.1) is 18.5 Å². The Morgan fingerprint density at radius 2 is 1.75 bits per heavy atom. The quantitative estimate of drug-likeness (QED) is 0.644. The lowest BCUT2D eigenvalue weighted by atomic mass is 10.4. The molecule has 0 heterocycles. The molecule has 0 aromatic heterocycles. The Bertz CT molecular complexity index is 170. The van der Waals surface area contributed by atoms with Gasteiger partial charge in [0.15, 0.2) is 0 Å². The first-order valence-corrected chi connectivity index (χ1v) is 5.71. The van der Waals surface area contributed by atoms with E-state index in [9.17, 15) is 0 Å². The van der Waals surface area contributed by atoms with Gasteiger partial charge >= 0.3 is 0 Å². The third-order valence-corrected chi connectivity index (χ3v) is 2.15. The molecule has 0 spiro atoms. The summed E-state index contributed by atoms with van der Waals surface area (Å²) in [7, 11) is 5.33. The van der Waals surface area contributed by atoms with E-state index in [4.69, 9.17) is 0 Å². The summed E-state index contributed by atoms with van der Waals surface area (Å²) in [5, 5.41) is 1.24. The van der Waals surface area contributed by atoms with Gasteiger partial charge in [0, 0.05) is 0 Å². The molecule has 0 aliphatic rings. The first-order chi connectivity index (χ1) is 5.81. The SMILES string of the molecule is CCCCP.Pc1ccccc1. The summed E-state index contributed by atoms with van der Waals surface area (Å²) < 4.78 is 0. The van der Waals surface area contributed by atoms with Gasteiger partial charge in [0.1, 0.15) is 0 Å². The van der Waals surface area contributed by atoms with Gasteiger partial charge in [-0.25, -0.2) is 0 Å². The van der Waals surface area contributed by atoms with Crippen LogP contribution in [0.5, 0.6) is 0 Å². The van der Waals surface area contributed by atoms with Crippen LogP contribution in [-0.2, 0) is 0 Å². The molecular formula is C10H18P2. The fourth-order valence-corrected chi connectivity index (χ4v) is 1.29. The van der Waals surface area contributed by atoms with Crippen LogP contribution in [0.2, 0.25) is 0 Å². The Labute approximate surface area is 80.6 Å². The summed E-state index contributed by atoms with van der Waals surface area (Å²) in [6.07, 6.45) is 3.94. The maximum absolute atomic E-state index is 2.70. The molecule has 0 aliphatic heterocycles. The van der Waals surface area contributed by atoms with E-state index in [0.29, 0.717) is 0 Å². The highest BCUT2D eigenvalue weighted by Gasteiger charge is 1.72. The number of benzene rings is 1. The van der Waals surface area contributed by atoms with Crippen molar-refractivity contribution in [3.8, 4) is 0 Å². The third-order valence-electron chi connectivity index (χ3n) is 1.36. The van der Waals surface area contributed by atoms with E-state index in [-0.39, 0.29) is 0 Å². The zero-order valence-electron chi connectivity index (χ0n) is 7.66. The zero-order chi connectivity index (χ0) is 9.23. The standard InChI is InChI=1S/C6H7P.C4H11P/c7-6-4-2-1-3-5-6;1-2-3-4-5/h1-5H,7H2;2-5H2,1H3. The highest BCUT2D eigenvalue weighted by atomic mass is 31.0. The van der Waals surface area contributed by atoms with Crippen molar-refractivity contribution >= 4 is 23.8 Å². The largest absolute Gasteiger partial charge is 0.138 e. The minimum Gasteiger partial charge on any atom is -0.138 e. The number of hydrogen-bond acceptors (Lipinski definition) is 0. The van der Waals surface area contributed by atoms with E-state index < -0.39 is 0 Å². The summed E-state index contributed by atoms with van der Waals surface area (Å²) >= 11 is 0. The van der Waals surface area contributed by atoms with Crippen molar-refractivity contribution in [2.24, 2.45) is 0 Å². The Morgan fingerprint density at radius 1 is 1.17 bits per heavy atom. The van der Waals surface area contributed by atoms with E-state index in [2.05, 4.69) is 25.4 Å². The van der Waals surface area contributed by atoms with E-state index in [0.717, 1.165) is 0 Å². The van der Waals surface area contributed by atoms with Crippen LogP contribution >= 0.6 is 18.5 Å². The van der Waals surface area contributed by atoms with Gasteiger partial charge in [-0.1, -0.05) is 50.1 Å². The second-order valence-electron chi connectivity index (χ2n) is 2.55. The van der Waals surface area contributed by atoms with Gasteiger partial charge in [0.2, 0.25) is 0 Å². The molecule has 1 aromatic rings. The van der Waals surface area contributed by atoms with Crippen molar-refractivity contribution in [3.63, 3.8) is 0 Å². The molecule has 0 nitrogen and oxygen atoms in total. The van der Waals surface area contributed by atoms with E-state index in [1.807, 2.05) is 30.3 Å². The van der Waals surface area contributed by atoms with Crippen LogP contribution in [0, 0.1) is 0 Å². The first-order valence-electron chi connectivity index (χ1n) is 4.31. The van der Waals surface area contributed by atoms with Gasteiger partial charge in [-0.3, -0.25) is 0 Å². The minimum atomic E-state index is 1.24. The third kappa shape index (κ3) is 8.18. The molecule has 0 bridgehead atoms.